The molecule has 0 aromatic heterocycles. The maximum Gasteiger partial charge on any atom is 0.328 e. The van der Waals surface area contributed by atoms with Crippen LogP contribution in [-0.2, 0) is 44.7 Å². The number of amides is 6. The molecule has 7 atom stereocenters. The fourth-order valence-corrected chi connectivity index (χ4v) is 6.76. The van der Waals surface area contributed by atoms with Crippen molar-refractivity contribution in [2.75, 3.05) is 33.4 Å². The molecule has 288 valence electrons. The first-order valence-electron chi connectivity index (χ1n) is 18.3. The standard InChI is InChI=1S/C38H52N6O9/c1-24-20-31-38(52)53-23-29(41-34(48)28(21-27-14-9-8-10-15-27)40-32(46)17-11-6-5-7-12-19-45)36(50)43-18-13-16-30(43)37(51)42(4)26(3)33(47)39-25(2)35(49)44(31)22-24/h5-6,8-11,14-15,17,24-26,28-31,45H,7,12-13,16,18-23H2,1-4H3,(H,39,47)(H,40,46)(H,41,48)/b6-5+,17-11+/t24-,25-,26-,28-,29-,30-,31-/m0/s1. The maximum atomic E-state index is 14.3. The van der Waals surface area contributed by atoms with E-state index >= 15 is 0 Å². The number of aliphatic hydroxyl groups excluding tert-OH is 1. The Hall–Kier alpha value is -5.05. The van der Waals surface area contributed by atoms with E-state index in [0.29, 0.717) is 32.1 Å². The zero-order chi connectivity index (χ0) is 38.7. The summed E-state index contributed by atoms with van der Waals surface area (Å²) in [4.78, 5) is 99.2. The van der Waals surface area contributed by atoms with Crippen LogP contribution in [0, 0.1) is 5.92 Å². The molecule has 3 fully saturated rings. The molecular weight excluding hydrogens is 684 g/mol. The zero-order valence-corrected chi connectivity index (χ0v) is 30.9. The number of ether oxygens (including phenoxy) is 1. The Morgan fingerprint density at radius 1 is 1.00 bits per heavy atom. The zero-order valence-electron chi connectivity index (χ0n) is 30.9. The van der Waals surface area contributed by atoms with E-state index in [9.17, 15) is 33.6 Å². The summed E-state index contributed by atoms with van der Waals surface area (Å²) in [5.74, 6) is -4.33. The van der Waals surface area contributed by atoms with Gasteiger partial charge in [0, 0.05) is 39.2 Å². The molecule has 0 unspecified atom stereocenters. The first-order chi connectivity index (χ1) is 25.3. The van der Waals surface area contributed by atoms with Gasteiger partial charge in [0.2, 0.25) is 35.4 Å². The van der Waals surface area contributed by atoms with Crippen molar-refractivity contribution in [3.63, 3.8) is 0 Å². The van der Waals surface area contributed by atoms with Crippen LogP contribution in [-0.4, -0.2) is 131 Å². The molecule has 53 heavy (non-hydrogen) atoms. The molecule has 0 saturated carbocycles. The molecule has 3 aliphatic rings. The van der Waals surface area contributed by atoms with Crippen molar-refractivity contribution in [1.82, 2.24) is 30.7 Å². The summed E-state index contributed by atoms with van der Waals surface area (Å²) in [6, 6.07) is 2.48. The van der Waals surface area contributed by atoms with Gasteiger partial charge in [-0.05, 0) is 57.4 Å². The second-order valence-corrected chi connectivity index (χ2v) is 14.0. The smallest absolute Gasteiger partial charge is 0.328 e. The third-order valence-electron chi connectivity index (χ3n) is 9.87. The molecule has 3 saturated heterocycles. The number of aliphatic hydroxyl groups is 1. The highest BCUT2D eigenvalue weighted by atomic mass is 16.5. The number of fused-ring (bicyclic) bond motifs is 2. The normalized spacial score (nSPS) is 26.7. The van der Waals surface area contributed by atoms with E-state index in [1.165, 1.54) is 47.7 Å². The Balaban J connectivity index is 1.64. The second-order valence-electron chi connectivity index (χ2n) is 14.0. The molecule has 6 amide bonds. The molecule has 1 aromatic rings. The second kappa shape index (κ2) is 19.1. The molecule has 3 heterocycles. The molecule has 3 aliphatic heterocycles. The van der Waals surface area contributed by atoms with Crippen LogP contribution in [0.2, 0.25) is 0 Å². The lowest BCUT2D eigenvalue weighted by Gasteiger charge is -2.34. The minimum Gasteiger partial charge on any atom is -0.461 e. The molecule has 15 nitrogen and oxygen atoms in total. The van der Waals surface area contributed by atoms with Gasteiger partial charge in [0.05, 0.1) is 0 Å². The summed E-state index contributed by atoms with van der Waals surface area (Å²) < 4.78 is 5.68. The average molecular weight is 737 g/mol. The molecule has 0 bridgehead atoms. The fourth-order valence-electron chi connectivity index (χ4n) is 6.76. The highest BCUT2D eigenvalue weighted by Gasteiger charge is 2.44. The first kappa shape index (κ1) is 40.7. The average Bonchev–Trinajstić information content (AvgIpc) is 3.80. The van der Waals surface area contributed by atoms with Crippen LogP contribution in [0.25, 0.3) is 0 Å². The number of carbonyl (C=O) groups excluding carboxylic acids is 7. The van der Waals surface area contributed by atoms with Crippen molar-refractivity contribution in [1.29, 1.82) is 0 Å². The highest BCUT2D eigenvalue weighted by molar-refractivity contribution is 5.98. The number of allylic oxidation sites excluding steroid dienone is 3. The number of cyclic esters (lactones) is 1. The molecule has 1 aromatic carbocycles. The van der Waals surface area contributed by atoms with E-state index < -0.39 is 84.3 Å². The summed E-state index contributed by atoms with van der Waals surface area (Å²) >= 11 is 0. The third-order valence-corrected chi connectivity index (χ3v) is 9.87. The molecule has 4 N–H and O–H groups in total. The first-order valence-corrected chi connectivity index (χ1v) is 18.3. The topological polar surface area (TPSA) is 195 Å². The Morgan fingerprint density at radius 3 is 2.45 bits per heavy atom. The van der Waals surface area contributed by atoms with Gasteiger partial charge in [0.15, 0.2) is 0 Å². The number of carbonyl (C=O) groups is 7. The molecule has 15 heteroatoms. The van der Waals surface area contributed by atoms with Crippen molar-refractivity contribution < 1.29 is 43.4 Å². The van der Waals surface area contributed by atoms with Crippen molar-refractivity contribution in [3.8, 4) is 0 Å². The van der Waals surface area contributed by atoms with Gasteiger partial charge in [-0.25, -0.2) is 4.79 Å². The van der Waals surface area contributed by atoms with Crippen LogP contribution < -0.4 is 16.0 Å². The third kappa shape index (κ3) is 10.7. The molecule has 0 radical (unpaired) electrons. The van der Waals surface area contributed by atoms with Gasteiger partial charge < -0.3 is 40.5 Å². The van der Waals surface area contributed by atoms with E-state index in [2.05, 4.69) is 16.0 Å². The summed E-state index contributed by atoms with van der Waals surface area (Å²) in [6.07, 6.45) is 8.59. The SMILES string of the molecule is C[C@H]1C[C@H]2C(=O)OC[C@H](NC(=O)[C@H](Cc3ccccc3)NC(=O)/C=C/C=C/CCCO)C(=O)N3CCC[C@H]3C(=O)N(C)[C@@H](C)C(=O)N[C@@H](C)C(=O)N2C1. The van der Waals surface area contributed by atoms with Crippen LogP contribution in [0.4, 0.5) is 0 Å². The van der Waals surface area contributed by atoms with E-state index in [0.717, 1.165) is 5.56 Å². The predicted molar refractivity (Wildman–Crippen MR) is 193 cm³/mol. The van der Waals surface area contributed by atoms with Gasteiger partial charge in [0.1, 0.15) is 42.9 Å². The summed E-state index contributed by atoms with van der Waals surface area (Å²) in [5.41, 5.74) is 0.734. The van der Waals surface area contributed by atoms with Gasteiger partial charge >= 0.3 is 5.97 Å². The monoisotopic (exact) mass is 736 g/mol. The van der Waals surface area contributed by atoms with Crippen molar-refractivity contribution >= 4 is 41.4 Å². The maximum absolute atomic E-state index is 14.3. The molecule has 0 aliphatic carbocycles. The number of likely N-dealkylation sites (N-methyl/N-ethyl adjacent to an activating group) is 1. The number of hydrogen-bond acceptors (Lipinski definition) is 9. The van der Waals surface area contributed by atoms with Gasteiger partial charge in [-0.3, -0.25) is 28.8 Å². The minimum absolute atomic E-state index is 0.0500. The van der Waals surface area contributed by atoms with Gasteiger partial charge in [0.25, 0.3) is 0 Å². The largest absolute Gasteiger partial charge is 0.461 e. The van der Waals surface area contributed by atoms with E-state index in [1.54, 1.807) is 36.4 Å². The highest BCUT2D eigenvalue weighted by Crippen LogP contribution is 2.26. The van der Waals surface area contributed by atoms with Crippen LogP contribution in [0.1, 0.15) is 58.4 Å². The van der Waals surface area contributed by atoms with Crippen molar-refractivity contribution in [3.05, 3.63) is 60.2 Å². The lowest BCUT2D eigenvalue weighted by Crippen LogP contribution is -2.60. The number of hydrogen-bond donors (Lipinski definition) is 4. The molecule has 0 spiro atoms. The number of rotatable bonds is 10. The Labute approximate surface area is 310 Å². The number of nitrogens with one attached hydrogen (secondary N) is 3. The van der Waals surface area contributed by atoms with Crippen LogP contribution in [0.5, 0.6) is 0 Å². The minimum atomic E-state index is -1.44. The summed E-state index contributed by atoms with van der Waals surface area (Å²) in [5, 5.41) is 17.0. The van der Waals surface area contributed by atoms with Crippen LogP contribution in [0.3, 0.4) is 0 Å². The lowest BCUT2D eigenvalue weighted by atomic mass is 10.0. The summed E-state index contributed by atoms with van der Waals surface area (Å²) in [6.45, 7) is 4.82. The Morgan fingerprint density at radius 2 is 1.74 bits per heavy atom. The fraction of sp³-hybridized carbons (Fsp3) is 0.553. The quantitative estimate of drug-likeness (QED) is 0.113. The van der Waals surface area contributed by atoms with Gasteiger partial charge in [-0.1, -0.05) is 55.5 Å². The Kier molecular flexibility index (Phi) is 14.7. The molecule has 4 rings (SSSR count). The van der Waals surface area contributed by atoms with Gasteiger partial charge in [-0.15, -0.1) is 0 Å². The number of benzene rings is 1. The lowest BCUT2D eigenvalue weighted by molar-refractivity contribution is -0.158. The number of esters is 1. The Bertz CT molecular complexity index is 1570. The number of unbranched alkanes of at least 4 members (excludes halogenated alkanes) is 1. The van der Waals surface area contributed by atoms with Crippen LogP contribution in [0.15, 0.2) is 54.6 Å². The van der Waals surface area contributed by atoms with Crippen LogP contribution >= 0.6 is 0 Å². The summed E-state index contributed by atoms with van der Waals surface area (Å²) in [7, 11) is 1.46. The van der Waals surface area contributed by atoms with E-state index in [4.69, 9.17) is 9.84 Å². The van der Waals surface area contributed by atoms with Crippen molar-refractivity contribution in [2.24, 2.45) is 5.92 Å². The van der Waals surface area contributed by atoms with Gasteiger partial charge in [-0.2, -0.15) is 0 Å². The number of nitrogens with zero attached hydrogens (tertiary/aromatic N) is 3. The molecular formula is C38H52N6O9. The van der Waals surface area contributed by atoms with E-state index in [1.807, 2.05) is 13.0 Å². The predicted octanol–water partition coefficient (Wildman–Crippen LogP) is 0.220. The van der Waals surface area contributed by atoms with E-state index in [-0.39, 0.29) is 32.0 Å². The van der Waals surface area contributed by atoms with Crippen molar-refractivity contribution in [2.45, 2.75) is 95.5 Å².